The number of aromatic amines is 1. The van der Waals surface area contributed by atoms with Crippen LogP contribution in [0.3, 0.4) is 0 Å². The van der Waals surface area contributed by atoms with E-state index in [2.05, 4.69) is 88.6 Å². The number of carbonyl (C=O) groups is 6. The fourth-order valence-electron chi connectivity index (χ4n) is 18.7. The summed E-state index contributed by atoms with van der Waals surface area (Å²) in [5.74, 6) is 7.51. The van der Waals surface area contributed by atoms with Gasteiger partial charge < -0.3 is 62.5 Å². The normalized spacial score (nSPS) is 17.5. The number of H-pyrrole nitrogens is 1. The van der Waals surface area contributed by atoms with Crippen LogP contribution >= 0.6 is 0 Å². The highest BCUT2D eigenvalue weighted by Gasteiger charge is 2.49. The number of piperazine rings is 1. The van der Waals surface area contributed by atoms with E-state index in [9.17, 15) is 43.5 Å². The van der Waals surface area contributed by atoms with Gasteiger partial charge in [-0.15, -0.1) is 0 Å². The number of nitrogens with two attached hydrogens (primary N) is 1. The van der Waals surface area contributed by atoms with Crippen molar-refractivity contribution in [2.75, 3.05) is 72.2 Å². The SMILES string of the molecule is CCC(C(=O)N1CCN(C2=CC=C(OC)CC2)CC1)N1N=C(C)C2Cc3ccccc3C2C1=O.CCOC(=O)C1(CCCc2ccccc2)CCCN(C(=O)c2ccc3c(c2)OCO3)C1.COC(=O)c1ccc(C(c2c(O)c3ccccc3oc2=O)c2c(ON)oc3ccccc3c2=O)cc1.Cc1cc(C)c(-c2cc(NC(=O)CCc3nc(C4CC4)n[nH]3)n(-c3ccccc3)n2)cc1C. The predicted octanol–water partition coefficient (Wildman–Crippen LogP) is 16.4. The second-order valence-electron chi connectivity index (χ2n) is 34.7. The number of carbonyl (C=O) groups excluding carboxylic acids is 6. The van der Waals surface area contributed by atoms with Crippen LogP contribution in [0.15, 0.2) is 241 Å². The van der Waals surface area contributed by atoms with E-state index >= 15 is 0 Å². The molecule has 5 N–H and O–H groups in total. The summed E-state index contributed by atoms with van der Waals surface area (Å²) in [6, 6.07) is 58.2. The van der Waals surface area contributed by atoms with Gasteiger partial charge in [0.25, 0.3) is 11.8 Å². The summed E-state index contributed by atoms with van der Waals surface area (Å²) in [5.41, 5.74) is 11.4. The van der Waals surface area contributed by atoms with Gasteiger partial charge in [0, 0.05) is 99.0 Å². The summed E-state index contributed by atoms with van der Waals surface area (Å²) >= 11 is 0. The number of ether oxygens (including phenoxy) is 5. The minimum absolute atomic E-state index is 0.0102. The number of hydrazone groups is 1. The van der Waals surface area contributed by atoms with E-state index in [-0.39, 0.29) is 98.6 Å². The number of allylic oxidation sites excluding steroid dienone is 4. The molecule has 692 valence electrons. The molecule has 4 amide bonds. The van der Waals surface area contributed by atoms with Crippen LogP contribution in [0.4, 0.5) is 5.82 Å². The standard InChI is InChI=1S/C27H34N4O3.C27H19NO8.C26H28N6O.C25H29NO5/c1-4-24(26(32)30-15-13-29(14-16-30)20-9-11-21(34-3)12-10-20)31-27(33)25-22-8-6-5-7-19(22)17-23(25)18(2)28-31;1-33-25(31)15-12-10-14(11-13-15)20(21-23(29)16-6-2-4-8-18(16)34-26(21)32)22-24(30)17-7-3-5-9-19(17)35-27(22)36-28;1-16-13-18(3)21(14-17(16)2)22-15-24(32(31-22)20-7-5-4-6-8-20)28-25(33)12-11-23-27-26(30-29-23)19-9-10-19;1-2-29-24(28)25(13-6-10-19-8-4-3-5-9-19)14-7-15-26(17-25)23(27)20-11-12-21-22(16-20)31-18-30-21/h5-9,11,23-25H,4,10,12-17H2,1-3H3;2-13,20,29H,28H2,1H3;4-8,13-15,19H,9-12H2,1-3H3,(H,28,33)(H,27,29,30);3-5,8-9,11-12,16H,2,6-7,10,13-15,17-18H2,1H3. The number of aromatic nitrogens is 5. The highest BCUT2D eigenvalue weighted by Crippen LogP contribution is 2.46. The van der Waals surface area contributed by atoms with Gasteiger partial charge in [0.15, 0.2) is 17.3 Å². The van der Waals surface area contributed by atoms with Gasteiger partial charge in [-0.25, -0.2) is 24.3 Å². The molecule has 1 saturated carbocycles. The van der Waals surface area contributed by atoms with Crippen LogP contribution in [0.25, 0.3) is 38.9 Å². The van der Waals surface area contributed by atoms with E-state index < -0.39 is 34.4 Å². The zero-order chi connectivity index (χ0) is 93.8. The number of likely N-dealkylation sites (tertiary alicyclic amines) is 1. The van der Waals surface area contributed by atoms with Crippen molar-refractivity contribution in [1.29, 1.82) is 0 Å². The molecule has 19 rings (SSSR count). The Morgan fingerprint density at radius 1 is 0.701 bits per heavy atom. The third kappa shape index (κ3) is 20.2. The average Bonchev–Trinajstić information content (AvgIpc) is 0.919. The van der Waals surface area contributed by atoms with Crippen molar-refractivity contribution in [2.45, 2.75) is 149 Å². The van der Waals surface area contributed by atoms with Gasteiger partial charge >= 0.3 is 23.5 Å². The molecule has 8 heterocycles. The smallest absolute Gasteiger partial charge is 0.344 e. The molecule has 12 aromatic rings. The quantitative estimate of drug-likeness (QED) is 0.0248. The molecule has 5 atom stereocenters. The predicted molar refractivity (Wildman–Crippen MR) is 506 cm³/mol. The number of aryl methyl sites for hydroxylation is 5. The first-order valence-corrected chi connectivity index (χ1v) is 45.7. The number of piperidine rings is 1. The minimum Gasteiger partial charge on any atom is -0.507 e. The molecule has 29 nitrogen and oxygen atoms in total. The van der Waals surface area contributed by atoms with Crippen molar-refractivity contribution < 1.29 is 71.2 Å². The Labute approximate surface area is 775 Å². The summed E-state index contributed by atoms with van der Waals surface area (Å²) in [7, 11) is 2.96. The molecule has 0 spiro atoms. The molecule has 5 unspecified atom stereocenters. The highest BCUT2D eigenvalue weighted by molar-refractivity contribution is 6.01. The lowest BCUT2D eigenvalue weighted by molar-refractivity contribution is -0.159. The largest absolute Gasteiger partial charge is 0.507 e. The number of fused-ring (bicyclic) bond motifs is 6. The number of para-hydroxylation sites is 3. The lowest BCUT2D eigenvalue weighted by Gasteiger charge is -2.41. The van der Waals surface area contributed by atoms with Crippen molar-refractivity contribution in [3.05, 3.63) is 311 Å². The van der Waals surface area contributed by atoms with Gasteiger partial charge in [-0.1, -0.05) is 122 Å². The molecule has 3 fully saturated rings. The fraction of sp³-hybridized carbons (Fsp3) is 0.333. The molecule has 7 aliphatic rings. The average molecular weight is 1810 g/mol. The van der Waals surface area contributed by atoms with E-state index in [4.69, 9.17) is 53.5 Å². The maximum Gasteiger partial charge on any atom is 0.344 e. The van der Waals surface area contributed by atoms with Crippen LogP contribution in [-0.2, 0) is 52.7 Å². The molecule has 8 aromatic carbocycles. The molecule has 2 saturated heterocycles. The topological polar surface area (TPSA) is 361 Å². The number of hydrogen-bond donors (Lipinski definition) is 4. The lowest BCUT2D eigenvalue weighted by atomic mass is 9.75. The number of benzene rings is 8. The Morgan fingerprint density at radius 3 is 2.10 bits per heavy atom. The van der Waals surface area contributed by atoms with E-state index in [0.29, 0.717) is 92.8 Å². The number of nitrogens with zero attached hydrogens (tertiary/aromatic N) is 9. The van der Waals surface area contributed by atoms with Crippen LogP contribution < -0.4 is 36.6 Å². The third-order valence-electron chi connectivity index (χ3n) is 26.1. The molecule has 0 bridgehead atoms. The van der Waals surface area contributed by atoms with Crippen molar-refractivity contribution in [2.24, 2.45) is 22.3 Å². The van der Waals surface area contributed by atoms with Crippen molar-refractivity contribution in [1.82, 2.24) is 44.7 Å². The van der Waals surface area contributed by atoms with Crippen LogP contribution in [0.5, 0.6) is 23.2 Å². The summed E-state index contributed by atoms with van der Waals surface area (Å²) in [4.78, 5) is 121. The monoisotopic (exact) mass is 1810 g/mol. The Bertz CT molecular complexity index is 6590. The van der Waals surface area contributed by atoms with E-state index in [1.165, 1.54) is 64.3 Å². The number of esters is 2. The zero-order valence-corrected chi connectivity index (χ0v) is 76.4. The van der Waals surface area contributed by atoms with Gasteiger partial charge in [0.05, 0.1) is 82.7 Å². The third-order valence-corrected chi connectivity index (χ3v) is 26.1. The molecular formula is C105H110N12O17. The number of amides is 4. The number of methoxy groups -OCH3 is 2. The number of aromatic hydroxyl groups is 1. The number of nitrogens with one attached hydrogen (secondary N) is 2. The zero-order valence-electron chi connectivity index (χ0n) is 76.4. The van der Waals surface area contributed by atoms with Crippen LogP contribution in [-0.4, -0.2) is 164 Å². The maximum atomic E-state index is 13.7. The van der Waals surface area contributed by atoms with Gasteiger partial charge in [-0.2, -0.15) is 21.2 Å². The van der Waals surface area contributed by atoms with Crippen molar-refractivity contribution >= 4 is 69.0 Å². The Hall–Kier alpha value is -14.7. The number of rotatable bonds is 24. The minimum atomic E-state index is -1.23. The lowest BCUT2D eigenvalue weighted by Crippen LogP contribution is -2.56. The molecular weight excluding hydrogens is 1700 g/mol. The highest BCUT2D eigenvalue weighted by atomic mass is 16.7. The van der Waals surface area contributed by atoms with E-state index in [1.807, 2.05) is 98.5 Å². The molecule has 134 heavy (non-hydrogen) atoms. The second kappa shape index (κ2) is 41.4. The van der Waals surface area contributed by atoms with Gasteiger partial charge in [0.1, 0.15) is 34.6 Å². The molecule has 0 radical (unpaired) electrons. The van der Waals surface area contributed by atoms with Crippen LogP contribution in [0, 0.1) is 32.1 Å². The number of anilines is 1. The first kappa shape index (κ1) is 92.5. The Balaban J connectivity index is 0.000000130. The first-order valence-electron chi connectivity index (χ1n) is 45.7. The molecule has 29 heteroatoms. The molecule has 4 aromatic heterocycles. The number of hydrogen-bond acceptors (Lipinski definition) is 23. The van der Waals surface area contributed by atoms with E-state index in [1.54, 1.807) is 83.4 Å². The Kier molecular flexibility index (Phi) is 28.6. The van der Waals surface area contributed by atoms with Gasteiger partial charge in [-0.05, 0) is 223 Å². The molecule has 3 aliphatic carbocycles. The first-order chi connectivity index (χ1) is 65.0. The summed E-state index contributed by atoms with van der Waals surface area (Å²) in [6.45, 7) is 16.6. The van der Waals surface area contributed by atoms with Gasteiger partial charge in [-0.3, -0.25) is 33.9 Å². The molecule has 4 aliphatic heterocycles. The summed E-state index contributed by atoms with van der Waals surface area (Å²) < 4.78 is 39.3. The summed E-state index contributed by atoms with van der Waals surface area (Å²) in [5, 5.41) is 33.1. The maximum absolute atomic E-state index is 13.7. The summed E-state index contributed by atoms with van der Waals surface area (Å²) in [6.07, 6.45) is 14.6. The second-order valence-corrected chi connectivity index (χ2v) is 34.7. The van der Waals surface area contributed by atoms with Crippen LogP contribution in [0.1, 0.15) is 185 Å². The van der Waals surface area contributed by atoms with E-state index in [0.717, 1.165) is 122 Å². The van der Waals surface area contributed by atoms with Crippen molar-refractivity contribution in [3.8, 4) is 40.1 Å². The fourth-order valence-corrected chi connectivity index (χ4v) is 18.7. The Morgan fingerprint density at radius 2 is 1.40 bits per heavy atom. The van der Waals surface area contributed by atoms with Crippen molar-refractivity contribution in [3.63, 3.8) is 0 Å². The van der Waals surface area contributed by atoms with Crippen LogP contribution in [0.2, 0.25) is 0 Å². The van der Waals surface area contributed by atoms with Gasteiger partial charge in [0.2, 0.25) is 24.0 Å².